The van der Waals surface area contributed by atoms with E-state index in [0.717, 1.165) is 3.57 Å². The summed E-state index contributed by atoms with van der Waals surface area (Å²) >= 11 is 6.14. The number of aliphatic carboxylic acids is 1. The number of nitrogens with one attached hydrogen (secondary N) is 2. The Kier molecular flexibility index (Phi) is 9.31. The lowest BCUT2D eigenvalue weighted by Crippen LogP contribution is -2.33. The summed E-state index contributed by atoms with van der Waals surface area (Å²) in [5, 5.41) is 14.3. The van der Waals surface area contributed by atoms with E-state index >= 15 is 0 Å². The average molecular weight is 686 g/mol. The molecule has 0 aliphatic carbocycles. The van der Waals surface area contributed by atoms with Gasteiger partial charge in [0.1, 0.15) is 6.10 Å². The summed E-state index contributed by atoms with van der Waals surface area (Å²) in [7, 11) is 1.44. The molecule has 0 heterocycles. The minimum atomic E-state index is -0.978. The van der Waals surface area contributed by atoms with Crippen molar-refractivity contribution < 1.29 is 24.2 Å². The molecule has 0 aromatic heterocycles. The summed E-state index contributed by atoms with van der Waals surface area (Å²) in [6.07, 6.45) is -0.625. The van der Waals surface area contributed by atoms with Gasteiger partial charge in [0.15, 0.2) is 0 Å². The van der Waals surface area contributed by atoms with E-state index in [4.69, 9.17) is 9.84 Å². The second kappa shape index (κ2) is 10.2. The van der Waals surface area contributed by atoms with Crippen molar-refractivity contribution >= 4 is 91.2 Å². The van der Waals surface area contributed by atoms with Crippen LogP contribution in [-0.2, 0) is 14.3 Å². The van der Waals surface area contributed by atoms with Gasteiger partial charge in [-0.1, -0.05) is 6.92 Å². The first kappa shape index (κ1) is 22.8. The van der Waals surface area contributed by atoms with Crippen molar-refractivity contribution in [2.45, 2.75) is 20.0 Å². The molecule has 0 saturated heterocycles. The maximum Gasteiger partial charge on any atom is 0.308 e. The van der Waals surface area contributed by atoms with Gasteiger partial charge in [0, 0.05) is 20.8 Å². The van der Waals surface area contributed by atoms with Gasteiger partial charge >= 0.3 is 5.97 Å². The third-order valence-corrected chi connectivity index (χ3v) is 6.14. The van der Waals surface area contributed by atoms with Gasteiger partial charge in [-0.25, -0.2) is 0 Å². The Balaban J connectivity index is 3.12. The van der Waals surface area contributed by atoms with Gasteiger partial charge in [0.05, 0.1) is 20.7 Å². The lowest BCUT2D eigenvalue weighted by atomic mass is 10.1. The smallest absolute Gasteiger partial charge is 0.308 e. The highest BCUT2D eigenvalue weighted by atomic mass is 127. The van der Waals surface area contributed by atoms with Gasteiger partial charge < -0.3 is 20.5 Å². The number of rotatable bonds is 7. The number of carboxylic acid groups (broad SMARTS) is 1. The van der Waals surface area contributed by atoms with Crippen molar-refractivity contribution in [1.82, 2.24) is 5.32 Å². The first-order valence-corrected chi connectivity index (χ1v) is 10.4. The van der Waals surface area contributed by atoms with E-state index in [2.05, 4.69) is 33.2 Å². The van der Waals surface area contributed by atoms with Crippen LogP contribution >= 0.6 is 67.8 Å². The molecular weight excluding hydrogens is 669 g/mol. The van der Waals surface area contributed by atoms with E-state index < -0.39 is 18.0 Å². The minimum absolute atomic E-state index is 0.0225. The first-order chi connectivity index (χ1) is 11.6. The van der Waals surface area contributed by atoms with Gasteiger partial charge in [-0.2, -0.15) is 0 Å². The Labute approximate surface area is 186 Å². The zero-order chi connectivity index (χ0) is 19.3. The van der Waals surface area contributed by atoms with Crippen LogP contribution in [0, 0.1) is 16.6 Å². The molecule has 7 nitrogen and oxygen atoms in total. The number of halogens is 3. The molecule has 1 aromatic rings. The number of methoxy groups -OCH3 is 1. The molecule has 1 rings (SSSR count). The third kappa shape index (κ3) is 6.16. The molecule has 0 aliphatic rings. The fourth-order valence-corrected chi connectivity index (χ4v) is 5.80. The van der Waals surface area contributed by atoms with Gasteiger partial charge in [-0.15, -0.1) is 0 Å². The van der Waals surface area contributed by atoms with E-state index in [1.807, 2.05) is 45.2 Å². The molecule has 2 unspecified atom stereocenters. The van der Waals surface area contributed by atoms with Crippen molar-refractivity contribution in [1.29, 1.82) is 0 Å². The van der Waals surface area contributed by atoms with Crippen molar-refractivity contribution in [2.75, 3.05) is 19.0 Å². The van der Waals surface area contributed by atoms with Crippen LogP contribution in [0.25, 0.3) is 0 Å². The molecule has 138 valence electrons. The molecule has 0 saturated carbocycles. The van der Waals surface area contributed by atoms with Gasteiger partial charge in [0.25, 0.3) is 11.8 Å². The molecule has 0 spiro atoms. The fourth-order valence-electron chi connectivity index (χ4n) is 1.67. The highest BCUT2D eigenvalue weighted by molar-refractivity contribution is 14.1. The standard InChI is InChI=1S/C15H17I3N2O5/c1-6(15(23)24)5-19-14(22)10-8(16)4-9(17)12(11(10)18)20-13(21)7(2)25-3/h4,6-7H,5H2,1-3H3,(H,19,22)(H,20,21)(H,23,24). The average Bonchev–Trinajstić information content (AvgIpc) is 2.54. The number of amides is 2. The number of hydrogen-bond donors (Lipinski definition) is 3. The van der Waals surface area contributed by atoms with Crippen LogP contribution < -0.4 is 10.6 Å². The number of anilines is 1. The predicted octanol–water partition coefficient (Wildman–Crippen LogP) is 2.92. The normalized spacial score (nSPS) is 13.0. The SMILES string of the molecule is COC(C)C(=O)Nc1c(I)cc(I)c(C(=O)NCC(C)C(=O)O)c1I. The van der Waals surface area contributed by atoms with Crippen molar-refractivity contribution in [3.63, 3.8) is 0 Å². The third-order valence-electron chi connectivity index (χ3n) is 3.36. The number of ether oxygens (including phenoxy) is 1. The van der Waals surface area contributed by atoms with Gasteiger partial charge in [-0.3, -0.25) is 14.4 Å². The van der Waals surface area contributed by atoms with Crippen LogP contribution in [0.3, 0.4) is 0 Å². The molecule has 0 bridgehead atoms. The zero-order valence-corrected chi connectivity index (χ0v) is 20.1. The lowest BCUT2D eigenvalue weighted by molar-refractivity contribution is -0.140. The van der Waals surface area contributed by atoms with Crippen LogP contribution in [0.5, 0.6) is 0 Å². The second-order valence-electron chi connectivity index (χ2n) is 5.22. The van der Waals surface area contributed by atoms with E-state index in [9.17, 15) is 14.4 Å². The first-order valence-electron chi connectivity index (χ1n) is 7.12. The summed E-state index contributed by atoms with van der Waals surface area (Å²) in [5.41, 5.74) is 0.937. The molecule has 10 heteroatoms. The minimum Gasteiger partial charge on any atom is -0.481 e. The molecule has 0 fully saturated rings. The quantitative estimate of drug-likeness (QED) is 0.383. The summed E-state index contributed by atoms with van der Waals surface area (Å²) in [4.78, 5) is 35.5. The monoisotopic (exact) mass is 686 g/mol. The number of carbonyl (C=O) groups is 3. The van der Waals surface area contributed by atoms with Crippen molar-refractivity contribution in [3.05, 3.63) is 22.3 Å². The highest BCUT2D eigenvalue weighted by Gasteiger charge is 2.23. The molecule has 25 heavy (non-hydrogen) atoms. The molecule has 2 amide bonds. The Hall–Kier alpha value is -0.220. The topological polar surface area (TPSA) is 105 Å². The maximum absolute atomic E-state index is 12.5. The van der Waals surface area contributed by atoms with Crippen LogP contribution in [0.2, 0.25) is 0 Å². The molecule has 0 radical (unpaired) electrons. The number of carboxylic acids is 1. The predicted molar refractivity (Wildman–Crippen MR) is 119 cm³/mol. The number of carbonyl (C=O) groups excluding carboxylic acids is 2. The Bertz CT molecular complexity index is 696. The Morgan fingerprint density at radius 1 is 1.20 bits per heavy atom. The fraction of sp³-hybridized carbons (Fsp3) is 0.400. The van der Waals surface area contributed by atoms with E-state index in [-0.39, 0.29) is 18.4 Å². The van der Waals surface area contributed by atoms with Crippen LogP contribution in [0.15, 0.2) is 6.07 Å². The second-order valence-corrected chi connectivity index (χ2v) is 8.62. The molecule has 2 atom stereocenters. The number of benzene rings is 1. The van der Waals surface area contributed by atoms with Crippen molar-refractivity contribution in [3.8, 4) is 0 Å². The maximum atomic E-state index is 12.5. The highest BCUT2D eigenvalue weighted by Crippen LogP contribution is 2.32. The summed E-state index contributed by atoms with van der Waals surface area (Å²) in [6.45, 7) is 3.17. The molecule has 1 aromatic carbocycles. The van der Waals surface area contributed by atoms with Gasteiger partial charge in [-0.05, 0) is 80.8 Å². The van der Waals surface area contributed by atoms with E-state index in [1.54, 1.807) is 13.0 Å². The zero-order valence-electron chi connectivity index (χ0n) is 13.7. The summed E-state index contributed by atoms with van der Waals surface area (Å²) in [5.74, 6) is -2.36. The van der Waals surface area contributed by atoms with E-state index in [1.165, 1.54) is 14.0 Å². The molecule has 3 N–H and O–H groups in total. The number of hydrogen-bond acceptors (Lipinski definition) is 4. The largest absolute Gasteiger partial charge is 0.481 e. The summed E-state index contributed by atoms with van der Waals surface area (Å²) < 4.78 is 7.09. The van der Waals surface area contributed by atoms with Gasteiger partial charge in [0.2, 0.25) is 0 Å². The summed E-state index contributed by atoms with van der Waals surface area (Å²) in [6, 6.07) is 1.78. The van der Waals surface area contributed by atoms with Crippen LogP contribution in [0.1, 0.15) is 24.2 Å². The van der Waals surface area contributed by atoms with E-state index in [0.29, 0.717) is 18.4 Å². The Morgan fingerprint density at radius 3 is 2.32 bits per heavy atom. The van der Waals surface area contributed by atoms with Crippen molar-refractivity contribution in [2.24, 2.45) is 5.92 Å². The molecule has 0 aliphatic heterocycles. The van der Waals surface area contributed by atoms with Crippen LogP contribution in [0.4, 0.5) is 5.69 Å². The Morgan fingerprint density at radius 2 is 1.80 bits per heavy atom. The van der Waals surface area contributed by atoms with Crippen LogP contribution in [-0.4, -0.2) is 42.6 Å². The molecular formula is C15H17I3N2O5. The lowest BCUT2D eigenvalue weighted by Gasteiger charge is -2.17.